The monoisotopic (exact) mass is 463 g/mol. The van der Waals surface area contributed by atoms with Gasteiger partial charge < -0.3 is 9.80 Å². The summed E-state index contributed by atoms with van der Waals surface area (Å²) in [7, 11) is 0. The van der Waals surface area contributed by atoms with Crippen LogP contribution in [0, 0.1) is 0 Å². The first-order chi connectivity index (χ1) is 16.8. The predicted octanol–water partition coefficient (Wildman–Crippen LogP) is 7.06. The van der Waals surface area contributed by atoms with Crippen molar-refractivity contribution in [1.29, 1.82) is 0 Å². The number of anilines is 2. The molecule has 170 valence electrons. The third kappa shape index (κ3) is 4.36. The van der Waals surface area contributed by atoms with Crippen LogP contribution in [0.25, 0.3) is 11.1 Å². The molecule has 3 aromatic carbocycles. The second-order valence-electron chi connectivity index (χ2n) is 9.17. The minimum absolute atomic E-state index is 0.528. The van der Waals surface area contributed by atoms with E-state index in [2.05, 4.69) is 99.7 Å². The maximum absolute atomic E-state index is 4.18. The Morgan fingerprint density at radius 1 is 0.735 bits per heavy atom. The molecule has 0 atom stereocenters. The Balaban J connectivity index is 1.23. The fourth-order valence-corrected chi connectivity index (χ4v) is 6.35. The molecule has 0 unspecified atom stereocenters. The lowest BCUT2D eigenvalue weighted by Gasteiger charge is -2.43. The maximum atomic E-state index is 4.18. The standard InChI is InChI=1S/C30H29N3S/c1-2-6-23(7-3-1)14-19-32-20-15-26(16-21-32)33-27-8-4-5-9-29(27)34-30-22-25(10-11-28(30)33)24-12-17-31-18-13-24/h1-13,17-18,22,26H,14-16,19-21H2. The molecule has 2 aliphatic rings. The lowest BCUT2D eigenvalue weighted by atomic mass is 9.99. The molecule has 3 heterocycles. The fraction of sp³-hybridized carbons (Fsp3) is 0.233. The smallest absolute Gasteiger partial charge is 0.0555 e. The number of hydrogen-bond donors (Lipinski definition) is 0. The number of likely N-dealkylation sites (tertiary alicyclic amines) is 1. The van der Waals surface area contributed by atoms with Crippen LogP contribution in [0.5, 0.6) is 0 Å². The van der Waals surface area contributed by atoms with Crippen LogP contribution in [-0.2, 0) is 6.42 Å². The molecular weight excluding hydrogens is 434 g/mol. The Morgan fingerprint density at radius 2 is 1.47 bits per heavy atom. The zero-order chi connectivity index (χ0) is 22.7. The summed E-state index contributed by atoms with van der Waals surface area (Å²) in [4.78, 5) is 12.2. The number of fused-ring (bicyclic) bond motifs is 2. The lowest BCUT2D eigenvalue weighted by molar-refractivity contribution is 0.214. The summed E-state index contributed by atoms with van der Waals surface area (Å²) in [6, 6.07) is 31.4. The Hall–Kier alpha value is -3.08. The summed E-state index contributed by atoms with van der Waals surface area (Å²) >= 11 is 1.90. The summed E-state index contributed by atoms with van der Waals surface area (Å²) < 4.78 is 0. The summed E-state index contributed by atoms with van der Waals surface area (Å²) in [6.45, 7) is 3.47. The van der Waals surface area contributed by atoms with Gasteiger partial charge in [-0.1, -0.05) is 60.3 Å². The molecular formula is C30H29N3S. The molecule has 2 aliphatic heterocycles. The summed E-state index contributed by atoms with van der Waals surface area (Å²) in [6.07, 6.45) is 7.26. The highest BCUT2D eigenvalue weighted by Gasteiger charge is 2.31. The first-order valence-electron chi connectivity index (χ1n) is 12.2. The van der Waals surface area contributed by atoms with Crippen molar-refractivity contribution >= 4 is 23.1 Å². The Bertz CT molecular complexity index is 1250. The van der Waals surface area contributed by atoms with E-state index in [0.29, 0.717) is 6.04 Å². The minimum atomic E-state index is 0.528. The molecule has 0 aliphatic carbocycles. The fourth-order valence-electron chi connectivity index (χ4n) is 5.24. The average Bonchev–Trinajstić information content (AvgIpc) is 2.92. The van der Waals surface area contributed by atoms with Crippen molar-refractivity contribution in [2.45, 2.75) is 35.1 Å². The summed E-state index contributed by atoms with van der Waals surface area (Å²) in [5, 5.41) is 0. The van der Waals surface area contributed by atoms with Gasteiger partial charge >= 0.3 is 0 Å². The van der Waals surface area contributed by atoms with Crippen molar-refractivity contribution in [1.82, 2.24) is 9.88 Å². The number of hydrogen-bond acceptors (Lipinski definition) is 4. The molecule has 0 bridgehead atoms. The van der Waals surface area contributed by atoms with Crippen molar-refractivity contribution < 1.29 is 0 Å². The first-order valence-corrected chi connectivity index (χ1v) is 13.0. The van der Waals surface area contributed by atoms with E-state index in [1.807, 2.05) is 24.2 Å². The van der Waals surface area contributed by atoms with Gasteiger partial charge in [-0.05, 0) is 72.4 Å². The van der Waals surface area contributed by atoms with Crippen molar-refractivity contribution in [3.8, 4) is 11.1 Å². The highest BCUT2D eigenvalue weighted by atomic mass is 32.2. The third-order valence-electron chi connectivity index (χ3n) is 7.06. The van der Waals surface area contributed by atoms with Crippen LogP contribution in [0.4, 0.5) is 11.4 Å². The van der Waals surface area contributed by atoms with Gasteiger partial charge in [0.15, 0.2) is 0 Å². The molecule has 0 N–H and O–H groups in total. The van der Waals surface area contributed by atoms with Gasteiger partial charge in [-0.25, -0.2) is 0 Å². The van der Waals surface area contributed by atoms with Gasteiger partial charge in [-0.2, -0.15) is 0 Å². The van der Waals surface area contributed by atoms with Crippen LogP contribution in [0.2, 0.25) is 0 Å². The lowest BCUT2D eigenvalue weighted by Crippen LogP contribution is -2.44. The summed E-state index contributed by atoms with van der Waals surface area (Å²) in [5.74, 6) is 0. The summed E-state index contributed by atoms with van der Waals surface area (Å²) in [5.41, 5.74) is 6.62. The largest absolute Gasteiger partial charge is 0.336 e. The first kappa shape index (κ1) is 21.5. The van der Waals surface area contributed by atoms with Crippen molar-refractivity contribution in [2.75, 3.05) is 24.5 Å². The second-order valence-corrected chi connectivity index (χ2v) is 10.3. The van der Waals surface area contributed by atoms with E-state index in [9.17, 15) is 0 Å². The molecule has 4 heteroatoms. The zero-order valence-corrected chi connectivity index (χ0v) is 20.1. The minimum Gasteiger partial charge on any atom is -0.336 e. The van der Waals surface area contributed by atoms with Crippen LogP contribution in [0.15, 0.2) is 107 Å². The Kier molecular flexibility index (Phi) is 6.09. The van der Waals surface area contributed by atoms with Gasteiger partial charge in [-0.3, -0.25) is 4.98 Å². The van der Waals surface area contributed by atoms with E-state index in [-0.39, 0.29) is 0 Å². The van der Waals surface area contributed by atoms with Crippen LogP contribution >= 0.6 is 11.8 Å². The maximum Gasteiger partial charge on any atom is 0.0555 e. The topological polar surface area (TPSA) is 19.4 Å². The molecule has 3 nitrogen and oxygen atoms in total. The van der Waals surface area contributed by atoms with Gasteiger partial charge in [0.25, 0.3) is 0 Å². The van der Waals surface area contributed by atoms with Crippen molar-refractivity contribution in [3.05, 3.63) is 103 Å². The highest BCUT2D eigenvalue weighted by molar-refractivity contribution is 7.99. The van der Waals surface area contributed by atoms with Gasteiger partial charge in [-0.15, -0.1) is 0 Å². The SMILES string of the molecule is c1ccc(CCN2CCC(N3c4ccccc4Sc4cc(-c5ccncc5)ccc43)CC2)cc1. The number of nitrogens with zero attached hydrogens (tertiary/aromatic N) is 3. The van der Waals surface area contributed by atoms with Crippen molar-refractivity contribution in [2.24, 2.45) is 0 Å². The molecule has 1 fully saturated rings. The van der Waals surface area contributed by atoms with E-state index in [1.165, 1.54) is 50.7 Å². The van der Waals surface area contributed by atoms with Crippen LogP contribution < -0.4 is 4.90 Å². The molecule has 1 saturated heterocycles. The van der Waals surface area contributed by atoms with Crippen LogP contribution in [-0.4, -0.2) is 35.6 Å². The number of rotatable bonds is 5. The third-order valence-corrected chi connectivity index (χ3v) is 8.17. The average molecular weight is 464 g/mol. The number of benzene rings is 3. The number of para-hydroxylation sites is 1. The second kappa shape index (κ2) is 9.65. The van der Waals surface area contributed by atoms with E-state index in [1.54, 1.807) is 0 Å². The van der Waals surface area contributed by atoms with Gasteiger partial charge in [0.2, 0.25) is 0 Å². The quantitative estimate of drug-likeness (QED) is 0.315. The zero-order valence-electron chi connectivity index (χ0n) is 19.3. The molecule has 0 radical (unpaired) electrons. The molecule has 4 aromatic rings. The number of aromatic nitrogens is 1. The van der Waals surface area contributed by atoms with Gasteiger partial charge in [0, 0.05) is 47.9 Å². The van der Waals surface area contributed by atoms with E-state index in [4.69, 9.17) is 0 Å². The van der Waals surface area contributed by atoms with E-state index < -0.39 is 0 Å². The van der Waals surface area contributed by atoms with Gasteiger partial charge in [0.1, 0.15) is 0 Å². The Labute approximate surface area is 206 Å². The number of piperidine rings is 1. The van der Waals surface area contributed by atoms with Gasteiger partial charge in [0.05, 0.1) is 11.4 Å². The molecule has 0 amide bonds. The van der Waals surface area contributed by atoms with Crippen LogP contribution in [0.1, 0.15) is 18.4 Å². The molecule has 0 saturated carbocycles. The predicted molar refractivity (Wildman–Crippen MR) is 142 cm³/mol. The normalized spacial score (nSPS) is 16.2. The van der Waals surface area contributed by atoms with E-state index in [0.717, 1.165) is 26.1 Å². The molecule has 1 aromatic heterocycles. The Morgan fingerprint density at radius 3 is 2.29 bits per heavy atom. The highest BCUT2D eigenvalue weighted by Crippen LogP contribution is 2.50. The molecule has 34 heavy (non-hydrogen) atoms. The molecule has 0 spiro atoms. The van der Waals surface area contributed by atoms with E-state index >= 15 is 0 Å². The number of pyridine rings is 1. The molecule has 6 rings (SSSR count). The van der Waals surface area contributed by atoms with Crippen LogP contribution in [0.3, 0.4) is 0 Å². The van der Waals surface area contributed by atoms with Crippen molar-refractivity contribution in [3.63, 3.8) is 0 Å².